The number of aromatic amines is 1. The van der Waals surface area contributed by atoms with Crippen LogP contribution in [0.15, 0.2) is 53.7 Å². The summed E-state index contributed by atoms with van der Waals surface area (Å²) in [5.41, 5.74) is 2.73. The van der Waals surface area contributed by atoms with Crippen molar-refractivity contribution in [3.63, 3.8) is 0 Å². The maximum atomic E-state index is 13.5. The molecule has 5 heterocycles. The second-order valence-electron chi connectivity index (χ2n) is 9.35. The summed E-state index contributed by atoms with van der Waals surface area (Å²) in [4.78, 5) is 43.1. The van der Waals surface area contributed by atoms with Crippen LogP contribution in [0.1, 0.15) is 24.1 Å². The van der Waals surface area contributed by atoms with Crippen LogP contribution in [0.25, 0.3) is 28.3 Å². The summed E-state index contributed by atoms with van der Waals surface area (Å²) < 4.78 is 8.07. The van der Waals surface area contributed by atoms with Crippen molar-refractivity contribution in [2.24, 2.45) is 0 Å². The van der Waals surface area contributed by atoms with Gasteiger partial charge in [-0.15, -0.1) is 5.10 Å². The van der Waals surface area contributed by atoms with E-state index in [9.17, 15) is 14.7 Å². The Hall–Kier alpha value is -4.66. The highest BCUT2D eigenvalue weighted by Crippen LogP contribution is 2.34. The van der Waals surface area contributed by atoms with E-state index < -0.39 is 12.1 Å². The molecule has 0 spiro atoms. The van der Waals surface area contributed by atoms with Crippen LogP contribution >= 0.6 is 23.2 Å². The molecule has 1 aliphatic heterocycles. The van der Waals surface area contributed by atoms with Crippen LogP contribution in [0.2, 0.25) is 10.2 Å². The Morgan fingerprint density at radius 1 is 1.19 bits per heavy atom. The van der Waals surface area contributed by atoms with E-state index in [1.165, 1.54) is 30.4 Å². The van der Waals surface area contributed by atoms with Gasteiger partial charge < -0.3 is 14.8 Å². The first-order chi connectivity index (χ1) is 20.3. The number of tetrazole rings is 1. The molecular formula is C26H22Cl2N10O4. The van der Waals surface area contributed by atoms with Gasteiger partial charge in [0.2, 0.25) is 0 Å². The van der Waals surface area contributed by atoms with E-state index in [1.807, 2.05) is 0 Å². The van der Waals surface area contributed by atoms with E-state index >= 15 is 0 Å². The van der Waals surface area contributed by atoms with Crippen molar-refractivity contribution < 1.29 is 14.6 Å². The van der Waals surface area contributed by atoms with Gasteiger partial charge in [0.25, 0.3) is 5.56 Å². The van der Waals surface area contributed by atoms with E-state index in [0.717, 1.165) is 4.90 Å². The van der Waals surface area contributed by atoms with Crippen molar-refractivity contribution in [2.45, 2.75) is 18.9 Å². The summed E-state index contributed by atoms with van der Waals surface area (Å²) in [5.74, 6) is 1.08. The molecule has 1 amide bonds. The summed E-state index contributed by atoms with van der Waals surface area (Å²) in [6.45, 7) is 0.394. The molecule has 14 nitrogen and oxygen atoms in total. The average molecular weight is 609 g/mol. The standard InChI is InChI=1S/C26H22Cl2N10O4/c1-42-9-8-36(26(40)41)15-3-4-17(29-12-15)23-24(28)33-25(32-23)20-6-7-21-31-18(11-22(39)38(20)21)16-10-14(27)2-5-19(16)37-13-30-34-35-37/h2-5,10-13,20H,6-9H2,1H3,(H,32,33)(H,40,41)/t20-/m0/s1. The van der Waals surface area contributed by atoms with Crippen LogP contribution < -0.4 is 10.5 Å². The summed E-state index contributed by atoms with van der Waals surface area (Å²) >= 11 is 12.8. The number of carboxylic acid groups (broad SMARTS) is 1. The number of aromatic nitrogens is 9. The molecule has 2 N–H and O–H groups in total. The van der Waals surface area contributed by atoms with Crippen LogP contribution in [0.4, 0.5) is 10.5 Å². The Kier molecular flexibility index (Phi) is 7.41. The molecule has 0 radical (unpaired) electrons. The number of hydrogen-bond acceptors (Lipinski definition) is 9. The van der Waals surface area contributed by atoms with Crippen LogP contribution in [0.3, 0.4) is 0 Å². The predicted octanol–water partition coefficient (Wildman–Crippen LogP) is 3.64. The van der Waals surface area contributed by atoms with Gasteiger partial charge in [-0.3, -0.25) is 19.2 Å². The van der Waals surface area contributed by atoms with Gasteiger partial charge in [0.15, 0.2) is 5.15 Å². The molecule has 1 aromatic carbocycles. The van der Waals surface area contributed by atoms with Crippen LogP contribution in [-0.4, -0.2) is 76.2 Å². The number of ether oxygens (including phenoxy) is 1. The minimum Gasteiger partial charge on any atom is -0.465 e. The number of amides is 1. The number of fused-ring (bicyclic) bond motifs is 1. The molecule has 0 saturated heterocycles. The predicted molar refractivity (Wildman–Crippen MR) is 152 cm³/mol. The highest BCUT2D eigenvalue weighted by molar-refractivity contribution is 6.32. The van der Waals surface area contributed by atoms with Crippen molar-refractivity contribution in [1.82, 2.24) is 44.7 Å². The molecule has 16 heteroatoms. The maximum absolute atomic E-state index is 13.5. The van der Waals surface area contributed by atoms with E-state index in [-0.39, 0.29) is 23.9 Å². The van der Waals surface area contributed by atoms with E-state index in [1.54, 1.807) is 34.9 Å². The first kappa shape index (κ1) is 27.5. The summed E-state index contributed by atoms with van der Waals surface area (Å²) in [6.07, 6.45) is 2.88. The van der Waals surface area contributed by atoms with Crippen LogP contribution in [0, 0.1) is 0 Å². The Balaban J connectivity index is 1.31. The number of nitrogens with zero attached hydrogens (tertiary/aromatic N) is 9. The fraction of sp³-hybridized carbons (Fsp3) is 0.231. The number of nitrogens with one attached hydrogen (secondary N) is 1. The van der Waals surface area contributed by atoms with Crippen molar-refractivity contribution in [1.29, 1.82) is 0 Å². The maximum Gasteiger partial charge on any atom is 0.411 e. The number of benzene rings is 1. The monoisotopic (exact) mass is 608 g/mol. The third-order valence-corrected chi connectivity index (χ3v) is 7.38. The van der Waals surface area contributed by atoms with Crippen molar-refractivity contribution in [2.75, 3.05) is 25.2 Å². The molecule has 1 aliphatic rings. The smallest absolute Gasteiger partial charge is 0.411 e. The van der Waals surface area contributed by atoms with Crippen molar-refractivity contribution >= 4 is 35.0 Å². The zero-order valence-corrected chi connectivity index (χ0v) is 23.5. The number of pyridine rings is 1. The zero-order chi connectivity index (χ0) is 29.4. The highest BCUT2D eigenvalue weighted by atomic mass is 35.5. The highest BCUT2D eigenvalue weighted by Gasteiger charge is 2.30. The SMILES string of the molecule is COCCN(C(=O)O)c1ccc(-c2[nH]c([C@@H]3CCc4nc(-c5cc(Cl)ccc5-n5cnnn5)cc(=O)n43)nc2Cl)nc1. The van der Waals surface area contributed by atoms with Gasteiger partial charge in [0, 0.05) is 30.2 Å². The lowest BCUT2D eigenvalue weighted by molar-refractivity contribution is 0.186. The number of halogens is 2. The van der Waals surface area contributed by atoms with Gasteiger partial charge in [0.1, 0.15) is 23.7 Å². The number of aryl methyl sites for hydroxylation is 1. The molecular weight excluding hydrogens is 587 g/mol. The first-order valence-corrected chi connectivity index (χ1v) is 13.5. The number of hydrogen-bond donors (Lipinski definition) is 2. The Morgan fingerprint density at radius 2 is 2.05 bits per heavy atom. The number of imidazole rings is 1. The molecule has 6 rings (SSSR count). The lowest BCUT2D eigenvalue weighted by Gasteiger charge is -2.18. The molecule has 0 aliphatic carbocycles. The summed E-state index contributed by atoms with van der Waals surface area (Å²) in [5, 5.41) is 21.5. The minimum atomic E-state index is -1.12. The zero-order valence-electron chi connectivity index (χ0n) is 22.0. The van der Waals surface area contributed by atoms with Crippen LogP contribution in [-0.2, 0) is 11.2 Å². The molecule has 0 unspecified atom stereocenters. The van der Waals surface area contributed by atoms with E-state index in [2.05, 4.69) is 30.5 Å². The summed E-state index contributed by atoms with van der Waals surface area (Å²) in [6, 6.07) is 9.49. The number of rotatable bonds is 8. The molecule has 214 valence electrons. The number of anilines is 1. The quantitative estimate of drug-likeness (QED) is 0.265. The molecule has 1 atom stereocenters. The Bertz CT molecular complexity index is 1820. The molecule has 0 fully saturated rings. The van der Waals surface area contributed by atoms with E-state index in [0.29, 0.717) is 63.5 Å². The van der Waals surface area contributed by atoms with Gasteiger partial charge >= 0.3 is 6.09 Å². The Morgan fingerprint density at radius 3 is 2.76 bits per heavy atom. The van der Waals surface area contributed by atoms with Gasteiger partial charge in [-0.05, 0) is 47.2 Å². The molecule has 4 aromatic heterocycles. The lowest BCUT2D eigenvalue weighted by Crippen LogP contribution is -2.32. The van der Waals surface area contributed by atoms with Gasteiger partial charge in [-0.1, -0.05) is 23.2 Å². The average Bonchev–Trinajstić information content (AvgIpc) is 3.74. The second kappa shape index (κ2) is 11.3. The fourth-order valence-corrected chi connectivity index (χ4v) is 5.34. The minimum absolute atomic E-state index is 0.156. The van der Waals surface area contributed by atoms with Crippen LogP contribution in [0.5, 0.6) is 0 Å². The molecule has 5 aromatic rings. The fourth-order valence-electron chi connectivity index (χ4n) is 4.93. The molecule has 0 saturated carbocycles. The normalized spacial score (nSPS) is 14.2. The third-order valence-electron chi connectivity index (χ3n) is 6.87. The largest absolute Gasteiger partial charge is 0.465 e. The molecule has 0 bridgehead atoms. The molecule has 42 heavy (non-hydrogen) atoms. The van der Waals surface area contributed by atoms with Gasteiger partial charge in [0.05, 0.1) is 48.2 Å². The van der Waals surface area contributed by atoms with Gasteiger partial charge in [-0.2, -0.15) is 4.68 Å². The lowest BCUT2D eigenvalue weighted by atomic mass is 10.1. The summed E-state index contributed by atoms with van der Waals surface area (Å²) in [7, 11) is 1.50. The third kappa shape index (κ3) is 5.11. The van der Waals surface area contributed by atoms with Gasteiger partial charge in [-0.25, -0.2) is 14.8 Å². The first-order valence-electron chi connectivity index (χ1n) is 12.7. The number of carbonyl (C=O) groups is 1. The van der Waals surface area contributed by atoms with Crippen molar-refractivity contribution in [3.05, 3.63) is 81.1 Å². The number of methoxy groups -OCH3 is 1. The topological polar surface area (TPSA) is 170 Å². The second-order valence-corrected chi connectivity index (χ2v) is 10.1. The van der Waals surface area contributed by atoms with Crippen molar-refractivity contribution in [3.8, 4) is 28.3 Å². The Labute approximate surface area is 247 Å². The van der Waals surface area contributed by atoms with E-state index in [4.69, 9.17) is 32.9 Å². The number of H-pyrrole nitrogens is 1.